The highest BCUT2D eigenvalue weighted by Gasteiger charge is 2.16. The maximum atomic E-state index is 11.5. The highest BCUT2D eigenvalue weighted by atomic mass is 16.5. The van der Waals surface area contributed by atoms with Crippen molar-refractivity contribution in [2.45, 2.75) is 20.0 Å². The Balaban J connectivity index is 2.54. The van der Waals surface area contributed by atoms with E-state index in [-0.39, 0.29) is 0 Å². The summed E-state index contributed by atoms with van der Waals surface area (Å²) in [7, 11) is 1.44. The van der Waals surface area contributed by atoms with Gasteiger partial charge in [-0.05, 0) is 26.0 Å². The maximum Gasteiger partial charge on any atom is 0.321 e. The van der Waals surface area contributed by atoms with Crippen LogP contribution in [0.5, 0.6) is 5.75 Å². The van der Waals surface area contributed by atoms with Gasteiger partial charge < -0.3 is 10.1 Å². The van der Waals surface area contributed by atoms with Gasteiger partial charge in [-0.25, -0.2) is 4.79 Å². The molecular weight excluding hydrogens is 220 g/mol. The lowest BCUT2D eigenvalue weighted by Crippen LogP contribution is -2.43. The number of carbonyl (C=O) groups is 2. The first kappa shape index (κ1) is 13.0. The van der Waals surface area contributed by atoms with Crippen LogP contribution >= 0.6 is 0 Å². The average Bonchev–Trinajstić information content (AvgIpc) is 2.31. The average molecular weight is 236 g/mol. The van der Waals surface area contributed by atoms with E-state index in [1.165, 1.54) is 7.05 Å². The van der Waals surface area contributed by atoms with Gasteiger partial charge in [0.1, 0.15) is 5.75 Å². The quantitative estimate of drug-likeness (QED) is 0.829. The van der Waals surface area contributed by atoms with Crippen molar-refractivity contribution in [1.29, 1.82) is 0 Å². The lowest BCUT2D eigenvalue weighted by atomic mass is 10.2. The predicted molar refractivity (Wildman–Crippen MR) is 63.9 cm³/mol. The van der Waals surface area contributed by atoms with Crippen molar-refractivity contribution in [3.05, 3.63) is 29.8 Å². The standard InChI is InChI=1S/C12H16N2O3/c1-8-4-6-10(7-5-8)17-9(2)11(15)14-12(16)13-3/h4-7,9H,1-3H3,(H2,13,14,15,16)/t9-/m1/s1. The Morgan fingerprint density at radius 2 is 1.82 bits per heavy atom. The van der Waals surface area contributed by atoms with Crippen LogP contribution in [0.2, 0.25) is 0 Å². The molecule has 0 fully saturated rings. The molecule has 92 valence electrons. The monoisotopic (exact) mass is 236 g/mol. The molecule has 0 aliphatic carbocycles. The molecule has 2 N–H and O–H groups in total. The van der Waals surface area contributed by atoms with Gasteiger partial charge in [0.05, 0.1) is 0 Å². The SMILES string of the molecule is CNC(=O)NC(=O)[C@@H](C)Oc1ccc(C)cc1. The minimum absolute atomic E-state index is 0.482. The Morgan fingerprint density at radius 3 is 2.35 bits per heavy atom. The second kappa shape index (κ2) is 5.89. The van der Waals surface area contributed by atoms with Crippen molar-refractivity contribution < 1.29 is 14.3 Å². The number of ether oxygens (including phenoxy) is 1. The molecule has 1 aromatic rings. The fourth-order valence-corrected chi connectivity index (χ4v) is 1.15. The van der Waals surface area contributed by atoms with Crippen molar-refractivity contribution in [2.75, 3.05) is 7.05 Å². The molecule has 3 amide bonds. The molecule has 17 heavy (non-hydrogen) atoms. The van der Waals surface area contributed by atoms with E-state index in [0.29, 0.717) is 5.75 Å². The zero-order chi connectivity index (χ0) is 12.8. The molecule has 0 aliphatic heterocycles. The first-order valence-corrected chi connectivity index (χ1v) is 5.29. The highest BCUT2D eigenvalue weighted by Crippen LogP contribution is 2.13. The van der Waals surface area contributed by atoms with Crippen LogP contribution in [-0.4, -0.2) is 25.1 Å². The number of benzene rings is 1. The minimum atomic E-state index is -0.727. The number of amides is 3. The zero-order valence-corrected chi connectivity index (χ0v) is 10.1. The maximum absolute atomic E-state index is 11.5. The number of aryl methyl sites for hydroxylation is 1. The van der Waals surface area contributed by atoms with Crippen molar-refractivity contribution in [1.82, 2.24) is 10.6 Å². The number of urea groups is 1. The zero-order valence-electron chi connectivity index (χ0n) is 10.1. The van der Waals surface area contributed by atoms with E-state index in [1.807, 2.05) is 19.1 Å². The van der Waals surface area contributed by atoms with Gasteiger partial charge in [-0.1, -0.05) is 17.7 Å². The summed E-state index contributed by atoms with van der Waals surface area (Å²) in [5, 5.41) is 4.44. The van der Waals surface area contributed by atoms with E-state index in [0.717, 1.165) is 5.56 Å². The summed E-state index contributed by atoms with van der Waals surface area (Å²) in [6.45, 7) is 3.55. The first-order valence-electron chi connectivity index (χ1n) is 5.29. The summed E-state index contributed by atoms with van der Waals surface area (Å²) >= 11 is 0. The largest absolute Gasteiger partial charge is 0.481 e. The molecule has 0 aromatic heterocycles. The van der Waals surface area contributed by atoms with Gasteiger partial charge >= 0.3 is 6.03 Å². The molecule has 0 radical (unpaired) electrons. The molecule has 0 heterocycles. The van der Waals surface area contributed by atoms with Gasteiger partial charge in [-0.2, -0.15) is 0 Å². The van der Waals surface area contributed by atoms with E-state index >= 15 is 0 Å². The van der Waals surface area contributed by atoms with Crippen molar-refractivity contribution >= 4 is 11.9 Å². The van der Waals surface area contributed by atoms with Crippen LogP contribution in [0.4, 0.5) is 4.79 Å². The Bertz CT molecular complexity index is 401. The molecule has 5 nitrogen and oxygen atoms in total. The lowest BCUT2D eigenvalue weighted by molar-refractivity contribution is -0.126. The molecule has 0 saturated heterocycles. The third kappa shape index (κ3) is 4.14. The Morgan fingerprint density at radius 1 is 1.24 bits per heavy atom. The molecule has 0 saturated carbocycles. The predicted octanol–water partition coefficient (Wildman–Crippen LogP) is 1.22. The molecule has 0 unspecified atom stereocenters. The third-order valence-corrected chi connectivity index (χ3v) is 2.17. The van der Waals surface area contributed by atoms with Crippen LogP contribution < -0.4 is 15.4 Å². The van der Waals surface area contributed by atoms with Gasteiger partial charge in [0.2, 0.25) is 0 Å². The fourth-order valence-electron chi connectivity index (χ4n) is 1.15. The summed E-state index contributed by atoms with van der Waals surface area (Å²) in [5.41, 5.74) is 1.11. The number of hydrogen-bond donors (Lipinski definition) is 2. The Hall–Kier alpha value is -2.04. The van der Waals surface area contributed by atoms with Crippen molar-refractivity contribution in [2.24, 2.45) is 0 Å². The summed E-state index contributed by atoms with van der Waals surface area (Å²) in [4.78, 5) is 22.4. The van der Waals surface area contributed by atoms with Crippen LogP contribution in [0.25, 0.3) is 0 Å². The molecule has 1 aromatic carbocycles. The van der Waals surface area contributed by atoms with Crippen molar-refractivity contribution in [3.63, 3.8) is 0 Å². The van der Waals surface area contributed by atoms with Gasteiger partial charge in [0.25, 0.3) is 5.91 Å². The second-order valence-corrected chi connectivity index (χ2v) is 3.64. The summed E-state index contributed by atoms with van der Waals surface area (Å²) in [6.07, 6.45) is -0.727. The van der Waals surface area contributed by atoms with Gasteiger partial charge in [-0.15, -0.1) is 0 Å². The molecule has 1 rings (SSSR count). The van der Waals surface area contributed by atoms with E-state index in [4.69, 9.17) is 4.74 Å². The van der Waals surface area contributed by atoms with Crippen LogP contribution in [0.3, 0.4) is 0 Å². The number of rotatable bonds is 3. The lowest BCUT2D eigenvalue weighted by Gasteiger charge is -2.13. The van der Waals surface area contributed by atoms with Crippen LogP contribution in [0, 0.1) is 6.92 Å². The third-order valence-electron chi connectivity index (χ3n) is 2.17. The minimum Gasteiger partial charge on any atom is -0.481 e. The van der Waals surface area contributed by atoms with Crippen LogP contribution in [0.15, 0.2) is 24.3 Å². The van der Waals surface area contributed by atoms with Crippen molar-refractivity contribution in [3.8, 4) is 5.75 Å². The van der Waals surface area contributed by atoms with Gasteiger partial charge in [-0.3, -0.25) is 10.1 Å². The Kier molecular flexibility index (Phi) is 4.51. The molecular formula is C12H16N2O3. The van der Waals surface area contributed by atoms with Gasteiger partial charge in [0, 0.05) is 7.05 Å². The van der Waals surface area contributed by atoms with E-state index in [2.05, 4.69) is 10.6 Å². The number of nitrogens with one attached hydrogen (secondary N) is 2. The van der Waals surface area contributed by atoms with E-state index in [9.17, 15) is 9.59 Å². The highest BCUT2D eigenvalue weighted by molar-refractivity contribution is 5.96. The molecule has 0 spiro atoms. The van der Waals surface area contributed by atoms with E-state index in [1.54, 1.807) is 19.1 Å². The molecule has 0 bridgehead atoms. The molecule has 5 heteroatoms. The van der Waals surface area contributed by atoms with E-state index < -0.39 is 18.0 Å². The molecule has 1 atom stereocenters. The second-order valence-electron chi connectivity index (χ2n) is 3.64. The smallest absolute Gasteiger partial charge is 0.321 e. The Labute approximate surface area is 100 Å². The number of hydrogen-bond acceptors (Lipinski definition) is 3. The normalized spacial score (nSPS) is 11.5. The van der Waals surface area contributed by atoms with Crippen LogP contribution in [-0.2, 0) is 4.79 Å². The van der Waals surface area contributed by atoms with Crippen LogP contribution in [0.1, 0.15) is 12.5 Å². The number of imide groups is 1. The van der Waals surface area contributed by atoms with Gasteiger partial charge in [0.15, 0.2) is 6.10 Å². The number of carbonyl (C=O) groups excluding carboxylic acids is 2. The summed E-state index contributed by atoms with van der Waals surface area (Å²) < 4.78 is 5.38. The topological polar surface area (TPSA) is 67.4 Å². The summed E-state index contributed by atoms with van der Waals surface area (Å²) in [6, 6.07) is 6.78. The summed E-state index contributed by atoms with van der Waals surface area (Å²) in [5.74, 6) is 0.111. The molecule has 0 aliphatic rings. The fraction of sp³-hybridized carbons (Fsp3) is 0.333. The first-order chi connectivity index (χ1) is 8.02.